The van der Waals surface area contributed by atoms with Crippen LogP contribution in [-0.4, -0.2) is 5.71 Å². The monoisotopic (exact) mass is 218 g/mol. The Morgan fingerprint density at radius 2 is 1.81 bits per heavy atom. The van der Waals surface area contributed by atoms with Crippen molar-refractivity contribution in [2.75, 3.05) is 0 Å². The van der Waals surface area contributed by atoms with E-state index in [2.05, 4.69) is 55.6 Å². The largest absolute Gasteiger partial charge is 0.299 e. The van der Waals surface area contributed by atoms with Gasteiger partial charge in [0, 0.05) is 12.1 Å². The number of hydrazone groups is 1. The van der Waals surface area contributed by atoms with Gasteiger partial charge in [-0.25, -0.2) is 0 Å². The van der Waals surface area contributed by atoms with Crippen molar-refractivity contribution in [2.45, 2.75) is 46.6 Å². The molecule has 0 spiro atoms. The summed E-state index contributed by atoms with van der Waals surface area (Å²) in [6.45, 7) is 10.4. The maximum atomic E-state index is 4.27. The molecule has 2 heteroatoms. The average molecular weight is 218 g/mol. The van der Waals surface area contributed by atoms with Crippen molar-refractivity contribution in [1.82, 2.24) is 5.43 Å². The number of aryl methyl sites for hydroxylation is 1. The summed E-state index contributed by atoms with van der Waals surface area (Å²) in [5, 5.41) is 4.27. The van der Waals surface area contributed by atoms with Gasteiger partial charge < -0.3 is 0 Å². The van der Waals surface area contributed by atoms with Crippen molar-refractivity contribution in [1.29, 1.82) is 0 Å². The fourth-order valence-corrected chi connectivity index (χ4v) is 2.16. The number of rotatable bonds is 1. The van der Waals surface area contributed by atoms with Gasteiger partial charge in [-0.2, -0.15) is 5.10 Å². The van der Waals surface area contributed by atoms with Crippen LogP contribution in [0.1, 0.15) is 45.2 Å². The average Bonchev–Trinajstić information content (AvgIpc) is 2.63. The highest BCUT2D eigenvalue weighted by molar-refractivity contribution is 5.84. The van der Waals surface area contributed by atoms with Crippen molar-refractivity contribution in [2.24, 2.45) is 5.10 Å². The zero-order valence-corrected chi connectivity index (χ0v) is 11.0. The lowest BCUT2D eigenvalue weighted by Crippen LogP contribution is -2.32. The van der Waals surface area contributed by atoms with Crippen LogP contribution in [0.4, 0.5) is 0 Å². The summed E-state index contributed by atoms with van der Waals surface area (Å²) in [6, 6.07) is 8.49. The highest BCUT2D eigenvalue weighted by atomic mass is 15.4. The SMILES string of the molecule is CC.CC1=NNC(C)(c2ccccc2C)C1. The molecule has 1 unspecified atom stereocenters. The number of hydrogen-bond acceptors (Lipinski definition) is 2. The fourth-order valence-electron chi connectivity index (χ4n) is 2.16. The Bertz CT molecular complexity index is 382. The minimum Gasteiger partial charge on any atom is -0.299 e. The fraction of sp³-hybridized carbons (Fsp3) is 0.500. The van der Waals surface area contributed by atoms with E-state index in [0.717, 1.165) is 6.42 Å². The number of nitrogens with zero attached hydrogens (tertiary/aromatic N) is 1. The van der Waals surface area contributed by atoms with E-state index in [1.807, 2.05) is 13.8 Å². The second-order valence-electron chi connectivity index (χ2n) is 4.28. The summed E-state index contributed by atoms with van der Waals surface area (Å²) in [6.07, 6.45) is 0.998. The molecule has 1 heterocycles. The third kappa shape index (κ3) is 2.43. The first-order chi connectivity index (χ1) is 7.62. The van der Waals surface area contributed by atoms with Gasteiger partial charge in [0.1, 0.15) is 0 Å². The molecule has 0 amide bonds. The molecule has 16 heavy (non-hydrogen) atoms. The van der Waals surface area contributed by atoms with Crippen LogP contribution in [0.2, 0.25) is 0 Å². The topological polar surface area (TPSA) is 24.4 Å². The maximum absolute atomic E-state index is 4.27. The van der Waals surface area contributed by atoms with Crippen molar-refractivity contribution >= 4 is 5.71 Å². The van der Waals surface area contributed by atoms with Gasteiger partial charge in [-0.15, -0.1) is 0 Å². The molecule has 0 bridgehead atoms. The highest BCUT2D eigenvalue weighted by Crippen LogP contribution is 2.30. The third-order valence-electron chi connectivity index (χ3n) is 2.84. The standard InChI is InChI=1S/C12H16N2.C2H6/c1-9-6-4-5-7-11(9)12(3)8-10(2)13-14-12;1-2/h4-7,14H,8H2,1-3H3;1-2H3. The van der Waals surface area contributed by atoms with Crippen LogP contribution < -0.4 is 5.43 Å². The second-order valence-corrected chi connectivity index (χ2v) is 4.28. The van der Waals surface area contributed by atoms with Crippen LogP contribution >= 0.6 is 0 Å². The Kier molecular flexibility index (Phi) is 4.11. The zero-order chi connectivity index (χ0) is 12.2. The van der Waals surface area contributed by atoms with E-state index in [9.17, 15) is 0 Å². The van der Waals surface area contributed by atoms with E-state index in [0.29, 0.717) is 0 Å². The van der Waals surface area contributed by atoms with Gasteiger partial charge in [0.05, 0.1) is 5.54 Å². The summed E-state index contributed by atoms with van der Waals surface area (Å²) in [5.41, 5.74) is 7.07. The van der Waals surface area contributed by atoms with Gasteiger partial charge in [-0.3, -0.25) is 5.43 Å². The molecule has 1 aromatic rings. The van der Waals surface area contributed by atoms with E-state index in [4.69, 9.17) is 0 Å². The lowest BCUT2D eigenvalue weighted by atomic mass is 9.86. The van der Waals surface area contributed by atoms with Crippen LogP contribution in [0.15, 0.2) is 29.4 Å². The maximum Gasteiger partial charge on any atom is 0.0824 e. The van der Waals surface area contributed by atoms with E-state index < -0.39 is 0 Å². The molecule has 0 saturated heterocycles. The first-order valence-corrected chi connectivity index (χ1v) is 5.98. The smallest absolute Gasteiger partial charge is 0.0824 e. The molecule has 0 saturated carbocycles. The Morgan fingerprint density at radius 3 is 2.31 bits per heavy atom. The molecule has 0 aliphatic carbocycles. The van der Waals surface area contributed by atoms with Gasteiger partial charge >= 0.3 is 0 Å². The van der Waals surface area contributed by atoms with E-state index >= 15 is 0 Å². The first-order valence-electron chi connectivity index (χ1n) is 5.98. The molecule has 2 rings (SSSR count). The normalized spacial score (nSPS) is 22.9. The molecule has 0 radical (unpaired) electrons. The van der Waals surface area contributed by atoms with Crippen LogP contribution in [0.5, 0.6) is 0 Å². The molecule has 1 atom stereocenters. The summed E-state index contributed by atoms with van der Waals surface area (Å²) in [7, 11) is 0. The predicted octanol–water partition coefficient (Wildman–Crippen LogP) is 3.61. The van der Waals surface area contributed by atoms with E-state index in [1.165, 1.54) is 16.8 Å². The quantitative estimate of drug-likeness (QED) is 0.765. The molecule has 2 nitrogen and oxygen atoms in total. The summed E-state index contributed by atoms with van der Waals surface area (Å²) in [4.78, 5) is 0. The molecule has 1 N–H and O–H groups in total. The Labute approximate surface area is 98.8 Å². The van der Waals surface area contributed by atoms with E-state index in [1.54, 1.807) is 0 Å². The number of nitrogens with one attached hydrogen (secondary N) is 1. The Balaban J connectivity index is 0.000000606. The minimum absolute atomic E-state index is 0.00454. The van der Waals surface area contributed by atoms with Crippen LogP contribution in [0.25, 0.3) is 0 Å². The molecule has 1 aliphatic rings. The zero-order valence-electron chi connectivity index (χ0n) is 11.0. The molecule has 1 aromatic carbocycles. The summed E-state index contributed by atoms with van der Waals surface area (Å²) >= 11 is 0. The molecule has 88 valence electrons. The van der Waals surface area contributed by atoms with Gasteiger partial charge in [-0.05, 0) is 31.9 Å². The first kappa shape index (κ1) is 12.8. The minimum atomic E-state index is -0.00454. The van der Waals surface area contributed by atoms with Gasteiger partial charge in [-0.1, -0.05) is 38.1 Å². The number of benzene rings is 1. The summed E-state index contributed by atoms with van der Waals surface area (Å²) < 4.78 is 0. The molecular formula is C14H22N2. The van der Waals surface area contributed by atoms with Crippen molar-refractivity contribution < 1.29 is 0 Å². The van der Waals surface area contributed by atoms with Gasteiger partial charge in [0.25, 0.3) is 0 Å². The Hall–Kier alpha value is -1.31. The molecule has 0 fully saturated rings. The second kappa shape index (κ2) is 5.15. The molecular weight excluding hydrogens is 196 g/mol. The van der Waals surface area contributed by atoms with Gasteiger partial charge in [0.15, 0.2) is 0 Å². The van der Waals surface area contributed by atoms with Crippen LogP contribution in [0, 0.1) is 6.92 Å². The van der Waals surface area contributed by atoms with Crippen molar-refractivity contribution in [3.05, 3.63) is 35.4 Å². The number of hydrogen-bond donors (Lipinski definition) is 1. The highest BCUT2D eigenvalue weighted by Gasteiger charge is 2.32. The Morgan fingerprint density at radius 1 is 1.19 bits per heavy atom. The van der Waals surface area contributed by atoms with Crippen LogP contribution in [0.3, 0.4) is 0 Å². The predicted molar refractivity (Wildman–Crippen MR) is 70.7 cm³/mol. The molecule has 0 aromatic heterocycles. The lowest BCUT2D eigenvalue weighted by molar-refractivity contribution is 0.419. The lowest BCUT2D eigenvalue weighted by Gasteiger charge is -2.26. The van der Waals surface area contributed by atoms with Crippen molar-refractivity contribution in [3.63, 3.8) is 0 Å². The van der Waals surface area contributed by atoms with Gasteiger partial charge in [0.2, 0.25) is 0 Å². The van der Waals surface area contributed by atoms with Crippen molar-refractivity contribution in [3.8, 4) is 0 Å². The van der Waals surface area contributed by atoms with E-state index in [-0.39, 0.29) is 5.54 Å². The molecule has 1 aliphatic heterocycles. The van der Waals surface area contributed by atoms with Crippen LogP contribution in [-0.2, 0) is 5.54 Å². The third-order valence-corrected chi connectivity index (χ3v) is 2.84. The summed E-state index contributed by atoms with van der Waals surface area (Å²) in [5.74, 6) is 0.